The highest BCUT2D eigenvalue weighted by Gasteiger charge is 2.41. The van der Waals surface area contributed by atoms with Gasteiger partial charge in [-0.15, -0.1) is 0 Å². The molecule has 72 heavy (non-hydrogen) atoms. The minimum atomic E-state index is -4.24. The number of piperidine rings is 3. The van der Waals surface area contributed by atoms with Gasteiger partial charge in [-0.3, -0.25) is 33.8 Å². The Balaban J connectivity index is 0.652. The van der Waals surface area contributed by atoms with Crippen LogP contribution >= 0.6 is 0 Å². The Bertz CT molecular complexity index is 3180. The van der Waals surface area contributed by atoms with E-state index in [1.807, 2.05) is 30.3 Å². The van der Waals surface area contributed by atoms with Crippen molar-refractivity contribution in [1.29, 1.82) is 5.26 Å². The number of carbonyl (C=O) groups is 3. The van der Waals surface area contributed by atoms with E-state index < -0.39 is 51.0 Å². The van der Waals surface area contributed by atoms with Crippen LogP contribution in [0.25, 0.3) is 16.6 Å². The summed E-state index contributed by atoms with van der Waals surface area (Å²) in [6.07, 6.45) is 7.19. The molecular weight excluding hydrogens is 949 g/mol. The number of amides is 3. The first-order chi connectivity index (χ1) is 34.8. The maximum absolute atomic E-state index is 15.2. The average molecular weight is 1000 g/mol. The zero-order valence-electron chi connectivity index (χ0n) is 39.3. The highest BCUT2D eigenvalue weighted by molar-refractivity contribution is 7.90. The van der Waals surface area contributed by atoms with E-state index in [-0.39, 0.29) is 66.8 Å². The van der Waals surface area contributed by atoms with Gasteiger partial charge in [-0.05, 0) is 142 Å². The SMILES string of the molecule is N#Cc1c(NS(=O)(=O)N2CC[C@@H](F)C2)ccc(F)c1Oc1ccc2ncn(-c3ccc(N4CCC(OC5CC(N6CCC(c7ccc8c(c7)CN(C7CCC(=O)NC7=O)C8=O)CC6)C5)CC4)cc3)c(=O)c2c1. The largest absolute Gasteiger partial charge is 0.453 e. The van der Waals surface area contributed by atoms with E-state index in [0.717, 1.165) is 92.4 Å². The third kappa shape index (κ3) is 9.30. The van der Waals surface area contributed by atoms with Gasteiger partial charge >= 0.3 is 10.2 Å². The number of alkyl halides is 1. The molecule has 1 saturated carbocycles. The summed E-state index contributed by atoms with van der Waals surface area (Å²) in [4.78, 5) is 62.2. The van der Waals surface area contributed by atoms with Crippen molar-refractivity contribution in [3.63, 3.8) is 0 Å². The number of nitrogens with one attached hydrogen (secondary N) is 2. The Labute approximate surface area is 414 Å². The van der Waals surface area contributed by atoms with Crippen molar-refractivity contribution in [1.82, 2.24) is 29.0 Å². The van der Waals surface area contributed by atoms with E-state index in [9.17, 15) is 37.2 Å². The van der Waals surface area contributed by atoms with Gasteiger partial charge in [0, 0.05) is 56.4 Å². The minimum Gasteiger partial charge on any atom is -0.453 e. The van der Waals surface area contributed by atoms with Gasteiger partial charge in [0.25, 0.3) is 11.5 Å². The molecule has 374 valence electrons. The number of nitriles is 1. The summed E-state index contributed by atoms with van der Waals surface area (Å²) < 4.78 is 71.8. The van der Waals surface area contributed by atoms with Gasteiger partial charge in [0.05, 0.1) is 34.5 Å². The molecule has 0 radical (unpaired) electrons. The number of aromatic nitrogens is 2. The zero-order chi connectivity index (χ0) is 49.8. The second-order valence-electron chi connectivity index (χ2n) is 19.7. The highest BCUT2D eigenvalue weighted by atomic mass is 32.2. The first kappa shape index (κ1) is 47.5. The smallest absolute Gasteiger partial charge is 0.301 e. The number of benzene rings is 4. The number of fused-ring (bicyclic) bond motifs is 2. The predicted octanol–water partition coefficient (Wildman–Crippen LogP) is 6.05. The van der Waals surface area contributed by atoms with Crippen LogP contribution < -0.4 is 25.2 Å². The van der Waals surface area contributed by atoms with Gasteiger partial charge in [-0.1, -0.05) is 12.1 Å². The highest BCUT2D eigenvalue weighted by Crippen LogP contribution is 2.39. The number of nitrogens with zero attached hydrogens (tertiary/aromatic N) is 7. The minimum absolute atomic E-state index is 0.0172. The van der Waals surface area contributed by atoms with Crippen LogP contribution in [-0.2, 0) is 31.1 Å². The summed E-state index contributed by atoms with van der Waals surface area (Å²) >= 11 is 0. The molecule has 1 unspecified atom stereocenters. The molecule has 6 heterocycles. The van der Waals surface area contributed by atoms with Crippen molar-refractivity contribution in [2.75, 3.05) is 48.9 Å². The molecule has 5 fully saturated rings. The quantitative estimate of drug-likeness (QED) is 0.138. The van der Waals surface area contributed by atoms with E-state index in [2.05, 4.69) is 37.0 Å². The van der Waals surface area contributed by atoms with Crippen LogP contribution in [0.15, 0.2) is 83.9 Å². The van der Waals surface area contributed by atoms with Crippen molar-refractivity contribution in [3.8, 4) is 23.3 Å². The number of ether oxygens (including phenoxy) is 2. The van der Waals surface area contributed by atoms with Crippen molar-refractivity contribution in [3.05, 3.63) is 118 Å². The molecule has 2 N–H and O–H groups in total. The molecule has 1 aromatic heterocycles. The third-order valence-electron chi connectivity index (χ3n) is 15.3. The molecule has 1 aliphatic carbocycles. The lowest BCUT2D eigenvalue weighted by molar-refractivity contribution is -0.136. The predicted molar refractivity (Wildman–Crippen MR) is 261 cm³/mol. The summed E-state index contributed by atoms with van der Waals surface area (Å²) in [5.41, 5.74) is 3.75. The van der Waals surface area contributed by atoms with Crippen LogP contribution in [0.5, 0.6) is 11.5 Å². The van der Waals surface area contributed by atoms with Gasteiger partial charge in [-0.2, -0.15) is 18.0 Å². The van der Waals surface area contributed by atoms with E-state index in [0.29, 0.717) is 41.7 Å². The van der Waals surface area contributed by atoms with E-state index in [4.69, 9.17) is 9.47 Å². The Kier molecular flexibility index (Phi) is 12.8. The first-order valence-corrected chi connectivity index (χ1v) is 26.1. The number of rotatable bonds is 12. The normalized spacial score (nSPS) is 23.5. The second-order valence-corrected chi connectivity index (χ2v) is 21.3. The second kappa shape index (κ2) is 19.3. The van der Waals surface area contributed by atoms with Crippen molar-refractivity contribution >= 4 is 50.2 Å². The molecule has 2 atom stereocenters. The average Bonchev–Trinajstić information content (AvgIpc) is 3.96. The van der Waals surface area contributed by atoms with Crippen LogP contribution in [-0.4, -0.2) is 120 Å². The van der Waals surface area contributed by atoms with Crippen molar-refractivity contribution < 1.29 is 41.1 Å². The number of hydrogen-bond donors (Lipinski definition) is 2. The van der Waals surface area contributed by atoms with Crippen LogP contribution in [0.3, 0.4) is 0 Å². The first-order valence-electron chi connectivity index (χ1n) is 24.6. The Morgan fingerprint density at radius 2 is 1.60 bits per heavy atom. The fourth-order valence-electron chi connectivity index (χ4n) is 11.2. The van der Waals surface area contributed by atoms with Crippen molar-refractivity contribution in [2.45, 2.75) is 101 Å². The molecule has 3 amide bonds. The molecule has 4 aromatic carbocycles. The molecule has 5 aliphatic heterocycles. The molecule has 11 rings (SSSR count). The van der Waals surface area contributed by atoms with Crippen LogP contribution in [0, 0.1) is 17.1 Å². The standard InChI is InChI=1S/C52H53F2N9O8S/c53-34-15-22-61(29-34)72(68,69)58-46-10-8-44(54)49(43(46)27-55)71-39-6-9-45-42(26-39)52(67)63(30-56-45)36-4-2-35(3-5-36)59-20-16-38(17-21-59)70-40-24-37(25-40)60-18-13-31(14-19-60)32-1-7-41-33(23-32)28-62(51(41)66)47-11-12-48(64)57-50(47)65/h1-10,23,26,30-31,34,37-38,40,47,58H,11-22,24-25,28-29H2,(H,57,64,65)/t34-,37?,40?,47?/m1/s1. The summed E-state index contributed by atoms with van der Waals surface area (Å²) in [6, 6.07) is 22.0. The van der Waals surface area contributed by atoms with Crippen LogP contribution in [0.1, 0.15) is 90.8 Å². The number of imide groups is 1. The number of anilines is 2. The molecule has 4 saturated heterocycles. The molecule has 6 aliphatic rings. The van der Waals surface area contributed by atoms with E-state index >= 15 is 4.39 Å². The molecule has 5 aromatic rings. The molecule has 20 heteroatoms. The van der Waals surface area contributed by atoms with Gasteiger partial charge in [0.2, 0.25) is 11.8 Å². The van der Waals surface area contributed by atoms with E-state index in [1.165, 1.54) is 34.7 Å². The number of halogens is 2. The van der Waals surface area contributed by atoms with E-state index in [1.54, 1.807) is 11.0 Å². The monoisotopic (exact) mass is 1000 g/mol. The third-order valence-corrected chi connectivity index (χ3v) is 16.8. The topological polar surface area (TPSA) is 200 Å². The molecule has 0 spiro atoms. The summed E-state index contributed by atoms with van der Waals surface area (Å²) in [5.74, 6) is -1.87. The fourth-order valence-corrected chi connectivity index (χ4v) is 12.4. The Morgan fingerprint density at radius 1 is 0.833 bits per heavy atom. The van der Waals surface area contributed by atoms with Crippen LogP contribution in [0.4, 0.5) is 20.2 Å². The molecular formula is C52H53F2N9O8S. The zero-order valence-corrected chi connectivity index (χ0v) is 40.2. The number of carbonyl (C=O) groups excluding carboxylic acids is 3. The van der Waals surface area contributed by atoms with Gasteiger partial charge in [0.15, 0.2) is 11.6 Å². The van der Waals surface area contributed by atoms with Gasteiger partial charge in [0.1, 0.15) is 35.9 Å². The molecule has 0 bridgehead atoms. The lowest BCUT2D eigenvalue weighted by atomic mass is 9.83. The lowest BCUT2D eigenvalue weighted by Gasteiger charge is -2.47. The van der Waals surface area contributed by atoms with Crippen molar-refractivity contribution in [2.24, 2.45) is 0 Å². The van der Waals surface area contributed by atoms with Gasteiger partial charge in [-0.25, -0.2) is 13.8 Å². The maximum atomic E-state index is 15.2. The number of likely N-dealkylation sites (tertiary alicyclic amines) is 1. The Morgan fingerprint density at radius 3 is 2.32 bits per heavy atom. The maximum Gasteiger partial charge on any atom is 0.301 e. The summed E-state index contributed by atoms with van der Waals surface area (Å²) in [7, 11) is -4.24. The lowest BCUT2D eigenvalue weighted by Crippen LogP contribution is -2.52. The van der Waals surface area contributed by atoms with Crippen LogP contribution in [0.2, 0.25) is 0 Å². The van der Waals surface area contributed by atoms with Gasteiger partial charge < -0.3 is 24.2 Å². The Hall–Kier alpha value is -6.79. The fraction of sp³-hybridized carbons (Fsp3) is 0.423. The molecule has 17 nitrogen and oxygen atoms in total. The number of hydrogen-bond acceptors (Lipinski definition) is 12. The summed E-state index contributed by atoms with van der Waals surface area (Å²) in [6.45, 7) is 3.73. The summed E-state index contributed by atoms with van der Waals surface area (Å²) in [5, 5.41) is 12.5.